The summed E-state index contributed by atoms with van der Waals surface area (Å²) in [5.74, 6) is -0.624. The quantitative estimate of drug-likeness (QED) is 0.339. The van der Waals surface area contributed by atoms with Crippen LogP contribution in [0.2, 0.25) is 0 Å². The molecule has 0 aliphatic carbocycles. The molecule has 1 aliphatic heterocycles. The molecule has 1 saturated heterocycles. The van der Waals surface area contributed by atoms with E-state index in [-0.39, 0.29) is 11.6 Å². The zero-order valence-corrected chi connectivity index (χ0v) is 18.6. The van der Waals surface area contributed by atoms with Gasteiger partial charge in [0.05, 0.1) is 13.7 Å². The van der Waals surface area contributed by atoms with Crippen molar-refractivity contribution in [2.45, 2.75) is 37.6 Å². The summed E-state index contributed by atoms with van der Waals surface area (Å²) >= 11 is 0. The molecule has 1 aromatic carbocycles. The lowest BCUT2D eigenvalue weighted by molar-refractivity contribution is -0.142. The molecule has 0 saturated carbocycles. The minimum absolute atomic E-state index is 0.0603. The van der Waals surface area contributed by atoms with Crippen molar-refractivity contribution in [2.75, 3.05) is 19.5 Å². The molecule has 0 amide bonds. The first-order valence-corrected chi connectivity index (χ1v) is 11.3. The van der Waals surface area contributed by atoms with Gasteiger partial charge >= 0.3 is 19.4 Å². The molecule has 33 heavy (non-hydrogen) atoms. The van der Waals surface area contributed by atoms with Crippen LogP contribution in [0.5, 0.6) is 5.75 Å². The summed E-state index contributed by atoms with van der Waals surface area (Å²) in [6.45, 7) is 0.783. The minimum atomic E-state index is -4.23. The largest absolute Gasteiger partial charge is 0.468 e. The maximum Gasteiger partial charge on any atom is 0.459 e. The number of nitrogens with two attached hydrogens (primary N) is 1. The number of anilines is 1. The molecule has 3 rings (SSSR count). The third-order valence-electron chi connectivity index (χ3n) is 4.70. The van der Waals surface area contributed by atoms with Crippen molar-refractivity contribution in [3.8, 4) is 5.75 Å². The number of aliphatic hydroxyl groups excluding tert-OH is 1. The van der Waals surface area contributed by atoms with Gasteiger partial charge < -0.3 is 24.8 Å². The summed E-state index contributed by atoms with van der Waals surface area (Å²) in [7, 11) is -3.08. The van der Waals surface area contributed by atoms with Crippen LogP contribution < -0.4 is 21.0 Å². The standard InChI is InChI=1S/C19H24FN4O8P/c1-11(18(26)29-2)23-33(28,32-12-6-4-3-5-7-12)30-10-13-16(25)15(20)17(31-13)24-9-8-14(21)22-19(24)27/h3-9,11,13,15-17,25H,10H2,1-2H3,(H,23,28)(H2,21,22,27). The van der Waals surface area contributed by atoms with Crippen LogP contribution in [-0.2, 0) is 23.4 Å². The van der Waals surface area contributed by atoms with Crippen LogP contribution in [0.4, 0.5) is 10.2 Å². The lowest BCUT2D eigenvalue weighted by Gasteiger charge is -2.24. The molecule has 6 atom stereocenters. The van der Waals surface area contributed by atoms with E-state index >= 15 is 0 Å². The molecule has 1 aliphatic rings. The highest BCUT2D eigenvalue weighted by Gasteiger charge is 2.47. The van der Waals surface area contributed by atoms with Gasteiger partial charge in [-0.3, -0.25) is 13.9 Å². The molecule has 1 fully saturated rings. The Morgan fingerprint density at radius 1 is 1.39 bits per heavy atom. The number of alkyl halides is 1. The third-order valence-corrected chi connectivity index (χ3v) is 6.35. The number of esters is 1. The molecule has 4 N–H and O–H groups in total. The third kappa shape index (κ3) is 5.95. The van der Waals surface area contributed by atoms with Gasteiger partial charge in [0.1, 0.15) is 29.8 Å². The summed E-state index contributed by atoms with van der Waals surface area (Å²) in [5, 5.41) is 12.7. The number of methoxy groups -OCH3 is 1. The van der Waals surface area contributed by atoms with E-state index in [1.54, 1.807) is 18.2 Å². The fourth-order valence-electron chi connectivity index (χ4n) is 3.03. The first kappa shape index (κ1) is 24.8. The molecular weight excluding hydrogens is 462 g/mol. The fraction of sp³-hybridized carbons (Fsp3) is 0.421. The molecule has 0 spiro atoms. The number of aromatic nitrogens is 2. The Hall–Kier alpha value is -2.83. The average Bonchev–Trinajstić information content (AvgIpc) is 3.06. The minimum Gasteiger partial charge on any atom is -0.468 e. The monoisotopic (exact) mass is 486 g/mol. The van der Waals surface area contributed by atoms with Crippen molar-refractivity contribution in [1.29, 1.82) is 0 Å². The number of rotatable bonds is 9. The van der Waals surface area contributed by atoms with Crippen LogP contribution in [0.3, 0.4) is 0 Å². The first-order valence-electron chi connectivity index (χ1n) is 9.80. The van der Waals surface area contributed by atoms with Crippen LogP contribution >= 0.6 is 7.75 Å². The number of benzene rings is 1. The molecule has 0 bridgehead atoms. The predicted molar refractivity (Wildman–Crippen MR) is 113 cm³/mol. The Morgan fingerprint density at radius 2 is 2.09 bits per heavy atom. The van der Waals surface area contributed by atoms with E-state index < -0.39 is 56.7 Å². The van der Waals surface area contributed by atoms with Crippen molar-refractivity contribution in [3.63, 3.8) is 0 Å². The van der Waals surface area contributed by atoms with E-state index in [9.17, 15) is 23.7 Å². The van der Waals surface area contributed by atoms with E-state index in [4.69, 9.17) is 19.5 Å². The number of halogens is 1. The second-order valence-corrected chi connectivity index (χ2v) is 8.81. The summed E-state index contributed by atoms with van der Waals surface area (Å²) in [4.78, 5) is 27.3. The van der Waals surface area contributed by atoms with Crippen molar-refractivity contribution in [3.05, 3.63) is 53.1 Å². The van der Waals surface area contributed by atoms with Crippen LogP contribution in [0, 0.1) is 0 Å². The predicted octanol–water partition coefficient (Wildman–Crippen LogP) is 0.777. The van der Waals surface area contributed by atoms with Gasteiger partial charge in [0.15, 0.2) is 12.4 Å². The van der Waals surface area contributed by atoms with E-state index in [1.165, 1.54) is 31.3 Å². The normalized spacial score (nSPS) is 25.2. The number of hydrogen-bond donors (Lipinski definition) is 3. The number of carbonyl (C=O) groups is 1. The average molecular weight is 486 g/mol. The highest BCUT2D eigenvalue weighted by Crippen LogP contribution is 2.46. The maximum absolute atomic E-state index is 14.7. The Bertz CT molecular complexity index is 1070. The summed E-state index contributed by atoms with van der Waals surface area (Å²) in [6, 6.07) is 8.17. The van der Waals surface area contributed by atoms with Crippen LogP contribution in [-0.4, -0.2) is 58.8 Å². The smallest absolute Gasteiger partial charge is 0.459 e. The Kier molecular flexibility index (Phi) is 7.82. The Labute approximate surface area is 188 Å². The maximum atomic E-state index is 14.7. The molecule has 180 valence electrons. The molecule has 12 nitrogen and oxygen atoms in total. The van der Waals surface area contributed by atoms with E-state index in [1.807, 2.05) is 0 Å². The van der Waals surface area contributed by atoms with Crippen molar-refractivity contribution in [2.24, 2.45) is 0 Å². The zero-order chi connectivity index (χ0) is 24.2. The van der Waals surface area contributed by atoms with Crippen LogP contribution in [0.1, 0.15) is 13.2 Å². The van der Waals surface area contributed by atoms with Gasteiger partial charge in [-0.05, 0) is 25.1 Å². The van der Waals surface area contributed by atoms with Crippen molar-refractivity contribution in [1.82, 2.24) is 14.6 Å². The summed E-state index contributed by atoms with van der Waals surface area (Å²) in [5.41, 5.74) is 4.56. The molecule has 1 aromatic heterocycles. The van der Waals surface area contributed by atoms with Gasteiger partial charge in [-0.15, -0.1) is 0 Å². The molecule has 0 radical (unpaired) electrons. The van der Waals surface area contributed by atoms with Crippen LogP contribution in [0.15, 0.2) is 47.4 Å². The van der Waals surface area contributed by atoms with Crippen LogP contribution in [0.25, 0.3) is 0 Å². The second kappa shape index (κ2) is 10.4. The van der Waals surface area contributed by atoms with Crippen molar-refractivity contribution >= 4 is 19.5 Å². The lowest BCUT2D eigenvalue weighted by Crippen LogP contribution is -2.36. The van der Waals surface area contributed by atoms with E-state index in [0.29, 0.717) is 0 Å². The SMILES string of the molecule is COC(=O)C(C)NP(=O)(OCC1OC(n2ccc(N)nc2=O)C(F)C1O)Oc1ccccc1. The van der Waals surface area contributed by atoms with E-state index in [0.717, 1.165) is 11.7 Å². The number of carbonyl (C=O) groups excluding carboxylic acids is 1. The molecule has 2 aromatic rings. The summed E-state index contributed by atoms with van der Waals surface area (Å²) < 4.78 is 49.7. The van der Waals surface area contributed by atoms with Gasteiger partial charge in [0.2, 0.25) is 0 Å². The molecule has 2 heterocycles. The number of nitrogens with one attached hydrogen (secondary N) is 1. The number of hydrogen-bond acceptors (Lipinski definition) is 10. The number of aliphatic hydroxyl groups is 1. The highest BCUT2D eigenvalue weighted by atomic mass is 31.2. The highest BCUT2D eigenvalue weighted by molar-refractivity contribution is 7.52. The van der Waals surface area contributed by atoms with Gasteiger partial charge in [0.25, 0.3) is 0 Å². The second-order valence-electron chi connectivity index (χ2n) is 7.11. The van der Waals surface area contributed by atoms with Gasteiger partial charge in [0, 0.05) is 6.20 Å². The zero-order valence-electron chi connectivity index (χ0n) is 17.7. The van der Waals surface area contributed by atoms with Gasteiger partial charge in [-0.2, -0.15) is 10.1 Å². The Morgan fingerprint density at radius 3 is 2.73 bits per heavy atom. The fourth-order valence-corrected chi connectivity index (χ4v) is 4.54. The molecular formula is C19H24FN4O8P. The number of ether oxygens (including phenoxy) is 2. The van der Waals surface area contributed by atoms with Gasteiger partial charge in [-0.25, -0.2) is 13.8 Å². The summed E-state index contributed by atoms with van der Waals surface area (Å²) in [6.07, 6.45) is -5.38. The number of nitrogens with zero attached hydrogens (tertiary/aromatic N) is 2. The first-order chi connectivity index (χ1) is 15.6. The van der Waals surface area contributed by atoms with E-state index in [2.05, 4.69) is 14.8 Å². The van der Waals surface area contributed by atoms with Gasteiger partial charge in [-0.1, -0.05) is 18.2 Å². The number of nitrogen functional groups attached to an aromatic ring is 1. The Balaban J connectivity index is 1.75. The molecule has 14 heteroatoms. The number of para-hydroxylation sites is 1. The lowest BCUT2D eigenvalue weighted by atomic mass is 10.1. The van der Waals surface area contributed by atoms with Crippen molar-refractivity contribution < 1.29 is 37.4 Å². The topological polar surface area (TPSA) is 164 Å². The molecule has 6 unspecified atom stereocenters.